The Morgan fingerprint density at radius 1 is 1.03 bits per heavy atom. The summed E-state index contributed by atoms with van der Waals surface area (Å²) in [5.41, 5.74) is 4.57. The van der Waals surface area contributed by atoms with Crippen molar-refractivity contribution in [2.24, 2.45) is 7.05 Å². The number of carbonyl (C=O) groups excluding carboxylic acids is 1. The normalized spacial score (nSPS) is 13.6. The number of amides is 1. The summed E-state index contributed by atoms with van der Waals surface area (Å²) in [6, 6.07) is 7.67. The first-order chi connectivity index (χ1) is 19.0. The second kappa shape index (κ2) is 9.97. The SMILES string of the molecule is C=CC(=O)N1CCN(c2ncc3ncnc(Nc4ccc(Oc5cnc6c(c5)ncn6C)c(C)c4)c3n2)CC1. The summed E-state index contributed by atoms with van der Waals surface area (Å²) < 4.78 is 7.96. The molecule has 1 saturated heterocycles. The van der Waals surface area contributed by atoms with Gasteiger partial charge in [0.25, 0.3) is 0 Å². The topological polar surface area (TPSA) is 127 Å². The van der Waals surface area contributed by atoms with Gasteiger partial charge in [-0.15, -0.1) is 0 Å². The van der Waals surface area contributed by atoms with Crippen LogP contribution in [0, 0.1) is 6.92 Å². The number of anilines is 3. The molecule has 12 heteroatoms. The number of benzene rings is 1. The highest BCUT2D eigenvalue weighted by Crippen LogP contribution is 2.30. The largest absolute Gasteiger partial charge is 0.455 e. The molecule has 4 aromatic heterocycles. The standard InChI is InChI=1S/C27H26N10O2/c1-4-23(38)36-7-9-37(10-8-36)27-29-14-21-24(34-27)25(31-15-30-21)33-18-5-6-22(17(2)11-18)39-19-12-20-26(28-13-19)35(3)16-32-20/h4-6,11-16H,1,7-10H2,2-3H3,(H,30,31,33). The number of rotatable bonds is 6. The van der Waals surface area contributed by atoms with Crippen LogP contribution in [0.1, 0.15) is 5.56 Å². The minimum Gasteiger partial charge on any atom is -0.455 e. The third kappa shape index (κ3) is 4.79. The molecule has 12 nitrogen and oxygen atoms in total. The van der Waals surface area contributed by atoms with Crippen molar-refractivity contribution in [3.63, 3.8) is 0 Å². The molecule has 0 saturated carbocycles. The minimum absolute atomic E-state index is 0.0633. The smallest absolute Gasteiger partial charge is 0.246 e. The van der Waals surface area contributed by atoms with Gasteiger partial charge >= 0.3 is 0 Å². The zero-order valence-corrected chi connectivity index (χ0v) is 21.6. The highest BCUT2D eigenvalue weighted by atomic mass is 16.5. The number of pyridine rings is 1. The van der Waals surface area contributed by atoms with Crippen LogP contribution in [0.25, 0.3) is 22.2 Å². The Hall–Kier alpha value is -5.13. The number of hydrogen-bond donors (Lipinski definition) is 1. The van der Waals surface area contributed by atoms with Crippen LogP contribution in [0.3, 0.4) is 0 Å². The minimum atomic E-state index is -0.0633. The van der Waals surface area contributed by atoms with Gasteiger partial charge in [0.15, 0.2) is 11.5 Å². The average Bonchev–Trinajstić information content (AvgIpc) is 3.34. The number of nitrogens with zero attached hydrogens (tertiary/aromatic N) is 9. The van der Waals surface area contributed by atoms with E-state index in [2.05, 4.69) is 41.7 Å². The van der Waals surface area contributed by atoms with Crippen molar-refractivity contribution in [2.75, 3.05) is 36.4 Å². The fraction of sp³-hybridized carbons (Fsp3) is 0.222. The van der Waals surface area contributed by atoms with Crippen LogP contribution in [0.5, 0.6) is 11.5 Å². The fourth-order valence-electron chi connectivity index (χ4n) is 4.50. The summed E-state index contributed by atoms with van der Waals surface area (Å²) in [4.78, 5) is 42.5. The van der Waals surface area contributed by atoms with E-state index in [1.807, 2.05) is 42.8 Å². The lowest BCUT2D eigenvalue weighted by Crippen LogP contribution is -2.48. The van der Waals surface area contributed by atoms with Gasteiger partial charge in [-0.25, -0.2) is 29.9 Å². The average molecular weight is 523 g/mol. The molecule has 1 amide bonds. The molecular formula is C27H26N10O2. The molecule has 196 valence electrons. The van der Waals surface area contributed by atoms with Crippen LogP contribution in [0.2, 0.25) is 0 Å². The summed E-state index contributed by atoms with van der Waals surface area (Å²) in [5.74, 6) is 2.41. The quantitative estimate of drug-likeness (QED) is 0.332. The Labute approximate surface area is 224 Å². The van der Waals surface area contributed by atoms with Gasteiger partial charge in [0.05, 0.1) is 18.7 Å². The third-order valence-electron chi connectivity index (χ3n) is 6.61. The molecule has 5 aromatic rings. The molecule has 1 aliphatic rings. The number of aromatic nitrogens is 7. The first kappa shape index (κ1) is 24.2. The first-order valence-corrected chi connectivity index (χ1v) is 12.4. The molecule has 1 fully saturated rings. The number of carbonyl (C=O) groups is 1. The molecule has 1 N–H and O–H groups in total. The zero-order chi connectivity index (χ0) is 26.9. The summed E-state index contributed by atoms with van der Waals surface area (Å²) in [6.07, 6.45) is 7.94. The third-order valence-corrected chi connectivity index (χ3v) is 6.61. The van der Waals surface area contributed by atoms with Crippen LogP contribution in [-0.2, 0) is 11.8 Å². The van der Waals surface area contributed by atoms with E-state index in [-0.39, 0.29) is 5.91 Å². The van der Waals surface area contributed by atoms with Crippen molar-refractivity contribution in [2.45, 2.75) is 6.92 Å². The maximum Gasteiger partial charge on any atom is 0.246 e. The van der Waals surface area contributed by atoms with Crippen molar-refractivity contribution in [1.29, 1.82) is 0 Å². The molecule has 39 heavy (non-hydrogen) atoms. The molecule has 0 bridgehead atoms. The van der Waals surface area contributed by atoms with E-state index in [9.17, 15) is 4.79 Å². The fourth-order valence-corrected chi connectivity index (χ4v) is 4.50. The molecule has 5 heterocycles. The van der Waals surface area contributed by atoms with Gasteiger partial charge < -0.3 is 24.4 Å². The number of hydrogen-bond acceptors (Lipinski definition) is 10. The number of nitrogens with one attached hydrogen (secondary N) is 1. The van der Waals surface area contributed by atoms with Crippen LogP contribution < -0.4 is 15.0 Å². The lowest BCUT2D eigenvalue weighted by atomic mass is 10.2. The lowest BCUT2D eigenvalue weighted by molar-refractivity contribution is -0.126. The molecule has 0 atom stereocenters. The van der Waals surface area contributed by atoms with Crippen LogP contribution in [0.15, 0.2) is 62.0 Å². The van der Waals surface area contributed by atoms with E-state index in [0.717, 1.165) is 22.4 Å². The second-order valence-electron chi connectivity index (χ2n) is 9.22. The van der Waals surface area contributed by atoms with E-state index in [0.29, 0.717) is 60.5 Å². The van der Waals surface area contributed by atoms with Crippen LogP contribution >= 0.6 is 0 Å². The molecule has 0 aliphatic carbocycles. The number of imidazole rings is 1. The Morgan fingerprint density at radius 2 is 1.87 bits per heavy atom. The van der Waals surface area contributed by atoms with Gasteiger partial charge in [-0.2, -0.15) is 0 Å². The maximum absolute atomic E-state index is 11.9. The first-order valence-electron chi connectivity index (χ1n) is 12.4. The molecule has 1 aliphatic heterocycles. The Kier molecular flexibility index (Phi) is 6.19. The van der Waals surface area contributed by atoms with Gasteiger partial charge in [-0.05, 0) is 36.8 Å². The highest BCUT2D eigenvalue weighted by molar-refractivity contribution is 5.88. The number of aryl methyl sites for hydroxylation is 2. The molecule has 0 spiro atoms. The maximum atomic E-state index is 11.9. The Bertz CT molecular complexity index is 1710. The summed E-state index contributed by atoms with van der Waals surface area (Å²) in [6.45, 7) is 7.97. The molecule has 6 rings (SSSR count). The number of piperazine rings is 1. The Morgan fingerprint density at radius 3 is 2.67 bits per heavy atom. The van der Waals surface area contributed by atoms with Crippen molar-refractivity contribution >= 4 is 45.6 Å². The molecular weight excluding hydrogens is 496 g/mol. The van der Waals surface area contributed by atoms with Crippen molar-refractivity contribution < 1.29 is 9.53 Å². The van der Waals surface area contributed by atoms with Gasteiger partial charge in [-0.3, -0.25) is 4.79 Å². The monoisotopic (exact) mass is 522 g/mol. The predicted molar refractivity (Wildman–Crippen MR) is 147 cm³/mol. The summed E-state index contributed by atoms with van der Waals surface area (Å²) >= 11 is 0. The van der Waals surface area contributed by atoms with Crippen molar-refractivity contribution in [3.05, 3.63) is 67.5 Å². The molecule has 0 unspecified atom stereocenters. The zero-order valence-electron chi connectivity index (χ0n) is 21.6. The molecule has 1 aromatic carbocycles. The van der Waals surface area contributed by atoms with Gasteiger partial charge in [0, 0.05) is 45.0 Å². The van der Waals surface area contributed by atoms with E-state index in [1.54, 1.807) is 23.6 Å². The predicted octanol–water partition coefficient (Wildman–Crippen LogP) is 3.38. The van der Waals surface area contributed by atoms with Crippen molar-refractivity contribution in [3.8, 4) is 11.5 Å². The van der Waals surface area contributed by atoms with E-state index < -0.39 is 0 Å². The summed E-state index contributed by atoms with van der Waals surface area (Å²) in [7, 11) is 1.90. The molecule has 0 radical (unpaired) electrons. The van der Waals surface area contributed by atoms with Crippen LogP contribution in [0.4, 0.5) is 17.5 Å². The van der Waals surface area contributed by atoms with Crippen molar-refractivity contribution in [1.82, 2.24) is 39.4 Å². The summed E-state index contributed by atoms with van der Waals surface area (Å²) in [5, 5.41) is 3.36. The van der Waals surface area contributed by atoms with Gasteiger partial charge in [-0.1, -0.05) is 6.58 Å². The Balaban J connectivity index is 1.20. The van der Waals surface area contributed by atoms with E-state index >= 15 is 0 Å². The van der Waals surface area contributed by atoms with Crippen LogP contribution in [-0.4, -0.2) is 71.5 Å². The van der Waals surface area contributed by atoms with Gasteiger partial charge in [0.1, 0.15) is 34.4 Å². The second-order valence-corrected chi connectivity index (χ2v) is 9.22. The number of fused-ring (bicyclic) bond motifs is 2. The van der Waals surface area contributed by atoms with E-state index in [4.69, 9.17) is 9.72 Å². The lowest BCUT2D eigenvalue weighted by Gasteiger charge is -2.34. The van der Waals surface area contributed by atoms with Gasteiger partial charge in [0.2, 0.25) is 11.9 Å². The highest BCUT2D eigenvalue weighted by Gasteiger charge is 2.22. The van der Waals surface area contributed by atoms with E-state index in [1.165, 1.54) is 12.4 Å². The number of ether oxygens (including phenoxy) is 1.